The lowest BCUT2D eigenvalue weighted by Gasteiger charge is -2.37. The summed E-state index contributed by atoms with van der Waals surface area (Å²) >= 11 is 0. The van der Waals surface area contributed by atoms with Gasteiger partial charge in [-0.1, -0.05) is 12.1 Å². The van der Waals surface area contributed by atoms with Gasteiger partial charge < -0.3 is 19.7 Å². The van der Waals surface area contributed by atoms with Gasteiger partial charge in [0.1, 0.15) is 6.07 Å². The Morgan fingerprint density at radius 1 is 1.16 bits per heavy atom. The van der Waals surface area contributed by atoms with Gasteiger partial charge in [-0.25, -0.2) is 0 Å². The summed E-state index contributed by atoms with van der Waals surface area (Å²) in [5.41, 5.74) is 1.20. The summed E-state index contributed by atoms with van der Waals surface area (Å²) < 4.78 is 11.5. The van der Waals surface area contributed by atoms with Crippen LogP contribution in [0.15, 0.2) is 30.5 Å². The molecular formula is C17H18N6O2. The van der Waals surface area contributed by atoms with E-state index in [4.69, 9.17) is 9.47 Å². The average molecular weight is 338 g/mol. The minimum atomic E-state index is -0.413. The zero-order chi connectivity index (χ0) is 17.1. The number of aromatic nitrogens is 3. The van der Waals surface area contributed by atoms with Crippen LogP contribution in [0.2, 0.25) is 0 Å². The van der Waals surface area contributed by atoms with Crippen molar-refractivity contribution in [1.29, 1.82) is 5.26 Å². The van der Waals surface area contributed by atoms with Crippen LogP contribution in [0.4, 0.5) is 17.5 Å². The van der Waals surface area contributed by atoms with Crippen LogP contribution in [0.5, 0.6) is 0 Å². The number of nitrogens with one attached hydrogen (secondary N) is 1. The Hall–Kier alpha value is -2.76. The van der Waals surface area contributed by atoms with Gasteiger partial charge in [-0.2, -0.15) is 15.3 Å². The molecule has 0 amide bonds. The number of para-hydroxylation sites is 1. The maximum atomic E-state index is 9.18. The molecule has 128 valence electrons. The predicted molar refractivity (Wildman–Crippen MR) is 90.3 cm³/mol. The molecule has 2 saturated heterocycles. The highest BCUT2D eigenvalue weighted by Gasteiger charge is 2.40. The lowest BCUT2D eigenvalue weighted by Crippen LogP contribution is -2.45. The summed E-state index contributed by atoms with van der Waals surface area (Å²) in [7, 11) is 0. The van der Waals surface area contributed by atoms with Crippen LogP contribution in [-0.4, -0.2) is 47.3 Å². The molecule has 3 heterocycles. The fourth-order valence-electron chi connectivity index (χ4n) is 3.17. The van der Waals surface area contributed by atoms with Gasteiger partial charge in [-0.3, -0.25) is 0 Å². The summed E-state index contributed by atoms with van der Waals surface area (Å²) in [6, 6.07) is 9.37. The Kier molecular flexibility index (Phi) is 4.17. The molecule has 2 aromatic rings. The van der Waals surface area contributed by atoms with Crippen molar-refractivity contribution in [2.45, 2.75) is 18.6 Å². The molecule has 0 atom stereocenters. The Morgan fingerprint density at radius 3 is 2.68 bits per heavy atom. The molecule has 0 aliphatic carbocycles. The average Bonchev–Trinajstić information content (AvgIpc) is 3.11. The van der Waals surface area contributed by atoms with Crippen molar-refractivity contribution in [1.82, 2.24) is 15.2 Å². The predicted octanol–water partition coefficient (Wildman–Crippen LogP) is 1.83. The number of nitriles is 1. The molecule has 8 nitrogen and oxygen atoms in total. The molecule has 1 spiro atoms. The van der Waals surface area contributed by atoms with Crippen molar-refractivity contribution >= 4 is 17.5 Å². The number of ether oxygens (including phenoxy) is 2. The van der Waals surface area contributed by atoms with E-state index >= 15 is 0 Å². The lowest BCUT2D eigenvalue weighted by atomic mass is 10.0. The summed E-state index contributed by atoms with van der Waals surface area (Å²) in [6.45, 7) is 2.91. The minimum Gasteiger partial charge on any atom is -0.355 e. The number of rotatable bonds is 3. The molecule has 2 aliphatic heterocycles. The molecule has 0 unspecified atom stereocenters. The van der Waals surface area contributed by atoms with E-state index in [0.29, 0.717) is 30.4 Å². The highest BCUT2D eigenvalue weighted by atomic mass is 16.7. The largest absolute Gasteiger partial charge is 0.355 e. The van der Waals surface area contributed by atoms with Gasteiger partial charge in [0.05, 0.1) is 30.7 Å². The number of hydrogen-bond donors (Lipinski definition) is 1. The molecular weight excluding hydrogens is 320 g/mol. The Morgan fingerprint density at radius 2 is 1.92 bits per heavy atom. The Bertz CT molecular complexity index is 790. The fraction of sp³-hybridized carbons (Fsp3) is 0.412. The van der Waals surface area contributed by atoms with E-state index < -0.39 is 5.79 Å². The first-order valence-electron chi connectivity index (χ1n) is 8.27. The third kappa shape index (κ3) is 3.24. The molecule has 0 radical (unpaired) electrons. The molecule has 1 N–H and O–H groups in total. The third-order valence-electron chi connectivity index (χ3n) is 4.50. The first-order valence-corrected chi connectivity index (χ1v) is 8.27. The Labute approximate surface area is 145 Å². The first-order chi connectivity index (χ1) is 12.3. The SMILES string of the molecule is N#Cc1ccccc1Nc1nncc(N2CCC3(CC2)OCCO3)n1. The number of piperidine rings is 1. The van der Waals surface area contributed by atoms with Gasteiger partial charge >= 0.3 is 0 Å². The van der Waals surface area contributed by atoms with Crippen LogP contribution in [0.25, 0.3) is 0 Å². The summed E-state index contributed by atoms with van der Waals surface area (Å²) in [4.78, 5) is 6.68. The topological polar surface area (TPSA) is 96.2 Å². The minimum absolute atomic E-state index is 0.369. The second-order valence-corrected chi connectivity index (χ2v) is 6.02. The van der Waals surface area contributed by atoms with E-state index in [2.05, 4.69) is 31.5 Å². The monoisotopic (exact) mass is 338 g/mol. The van der Waals surface area contributed by atoms with Gasteiger partial charge in [-0.15, -0.1) is 5.10 Å². The Balaban J connectivity index is 1.48. The summed E-state index contributed by atoms with van der Waals surface area (Å²) in [5, 5.41) is 20.3. The van der Waals surface area contributed by atoms with Crippen molar-refractivity contribution in [2.24, 2.45) is 0 Å². The summed E-state index contributed by atoms with van der Waals surface area (Å²) in [5.74, 6) is 0.706. The summed E-state index contributed by atoms with van der Waals surface area (Å²) in [6.07, 6.45) is 3.25. The van der Waals surface area contributed by atoms with E-state index in [0.717, 1.165) is 31.7 Å². The lowest BCUT2D eigenvalue weighted by molar-refractivity contribution is -0.169. The van der Waals surface area contributed by atoms with Crippen molar-refractivity contribution < 1.29 is 9.47 Å². The molecule has 2 aliphatic rings. The second-order valence-electron chi connectivity index (χ2n) is 6.02. The van der Waals surface area contributed by atoms with Crippen LogP contribution in [-0.2, 0) is 9.47 Å². The zero-order valence-electron chi connectivity index (χ0n) is 13.7. The van der Waals surface area contributed by atoms with Crippen LogP contribution in [0.1, 0.15) is 18.4 Å². The van der Waals surface area contributed by atoms with Crippen molar-refractivity contribution in [2.75, 3.05) is 36.5 Å². The molecule has 1 aromatic heterocycles. The van der Waals surface area contributed by atoms with Crippen molar-refractivity contribution in [3.63, 3.8) is 0 Å². The standard InChI is InChI=1S/C17H18N6O2/c18-11-13-3-1-2-4-14(13)20-16-21-15(12-19-22-16)23-7-5-17(6-8-23)24-9-10-25-17/h1-4,12H,5-10H2,(H,20,21,22). The smallest absolute Gasteiger partial charge is 0.249 e. The van der Waals surface area contributed by atoms with Gasteiger partial charge in [0.2, 0.25) is 5.95 Å². The number of anilines is 3. The van der Waals surface area contributed by atoms with Crippen molar-refractivity contribution in [3.8, 4) is 6.07 Å². The first kappa shape index (κ1) is 15.7. The molecule has 0 bridgehead atoms. The van der Waals surface area contributed by atoms with Crippen LogP contribution in [0, 0.1) is 11.3 Å². The normalized spacial score (nSPS) is 18.9. The highest BCUT2D eigenvalue weighted by Crippen LogP contribution is 2.32. The molecule has 0 saturated carbocycles. The molecule has 8 heteroatoms. The van der Waals surface area contributed by atoms with E-state index in [-0.39, 0.29) is 0 Å². The molecule has 2 fully saturated rings. The van der Waals surface area contributed by atoms with Crippen LogP contribution < -0.4 is 10.2 Å². The van der Waals surface area contributed by atoms with Crippen LogP contribution >= 0.6 is 0 Å². The van der Waals surface area contributed by atoms with Crippen molar-refractivity contribution in [3.05, 3.63) is 36.0 Å². The number of benzene rings is 1. The number of nitrogens with zero attached hydrogens (tertiary/aromatic N) is 5. The quantitative estimate of drug-likeness (QED) is 0.905. The molecule has 1 aromatic carbocycles. The van der Waals surface area contributed by atoms with E-state index in [1.807, 2.05) is 18.2 Å². The van der Waals surface area contributed by atoms with Crippen LogP contribution in [0.3, 0.4) is 0 Å². The van der Waals surface area contributed by atoms with E-state index in [9.17, 15) is 5.26 Å². The maximum Gasteiger partial charge on any atom is 0.249 e. The molecule has 25 heavy (non-hydrogen) atoms. The fourth-order valence-corrected chi connectivity index (χ4v) is 3.17. The maximum absolute atomic E-state index is 9.18. The zero-order valence-corrected chi connectivity index (χ0v) is 13.7. The van der Waals surface area contributed by atoms with Gasteiger partial charge in [0.25, 0.3) is 0 Å². The van der Waals surface area contributed by atoms with E-state index in [1.165, 1.54) is 0 Å². The highest BCUT2D eigenvalue weighted by molar-refractivity contribution is 5.63. The van der Waals surface area contributed by atoms with Gasteiger partial charge in [-0.05, 0) is 12.1 Å². The molecule has 4 rings (SSSR count). The third-order valence-corrected chi connectivity index (χ3v) is 4.50. The second kappa shape index (κ2) is 6.63. The van der Waals surface area contributed by atoms with Gasteiger partial charge in [0, 0.05) is 25.9 Å². The van der Waals surface area contributed by atoms with E-state index in [1.54, 1.807) is 12.3 Å². The van der Waals surface area contributed by atoms with Gasteiger partial charge in [0.15, 0.2) is 11.6 Å². The number of hydrogen-bond acceptors (Lipinski definition) is 8.